The zero-order valence-corrected chi connectivity index (χ0v) is 22.2. The van der Waals surface area contributed by atoms with Crippen LogP contribution in [0.4, 0.5) is 13.2 Å². The van der Waals surface area contributed by atoms with Gasteiger partial charge in [-0.3, -0.25) is 0 Å². The number of rotatable bonds is 8. The molecule has 204 valence electrons. The Morgan fingerprint density at radius 2 is 1.60 bits per heavy atom. The highest BCUT2D eigenvalue weighted by Gasteiger charge is 2.34. The summed E-state index contributed by atoms with van der Waals surface area (Å²) in [6.07, 6.45) is -5.92. The van der Waals surface area contributed by atoms with Crippen LogP contribution in [0.2, 0.25) is 0 Å². The van der Waals surface area contributed by atoms with Gasteiger partial charge in [0.25, 0.3) is 0 Å². The molecule has 0 unspecified atom stereocenters. The number of nitrogens with zero attached hydrogens (tertiary/aromatic N) is 3. The van der Waals surface area contributed by atoms with Crippen molar-refractivity contribution >= 4 is 28.0 Å². The lowest BCUT2D eigenvalue weighted by Gasteiger charge is -2.12. The van der Waals surface area contributed by atoms with Gasteiger partial charge in [-0.05, 0) is 34.9 Å². The Balaban J connectivity index is 1.72. The highest BCUT2D eigenvalue weighted by atomic mass is 32.2. The molecule has 0 amide bonds. The second-order valence-corrected chi connectivity index (χ2v) is 10.7. The number of aromatic nitrogens is 3. The summed E-state index contributed by atoms with van der Waals surface area (Å²) in [5, 5.41) is 15.1. The average Bonchev–Trinajstić information content (AvgIpc) is 3.55. The van der Waals surface area contributed by atoms with Gasteiger partial charge in [0.2, 0.25) is 5.13 Å². The predicted molar refractivity (Wildman–Crippen MR) is 145 cm³/mol. The molecule has 12 heteroatoms. The summed E-state index contributed by atoms with van der Waals surface area (Å²) in [7, 11) is -2.81. The fraction of sp³-hybridized carbons (Fsp3) is 0.107. The maximum Gasteiger partial charge on any atom is 0.394 e. The third kappa shape index (κ3) is 5.97. The normalized spacial score (nSPS) is 11.7. The van der Waals surface area contributed by atoms with Gasteiger partial charge in [0.05, 0.1) is 22.7 Å². The van der Waals surface area contributed by atoms with Crippen molar-refractivity contribution in [2.75, 3.05) is 0 Å². The van der Waals surface area contributed by atoms with E-state index in [9.17, 15) is 31.5 Å². The van der Waals surface area contributed by atoms with Crippen molar-refractivity contribution in [3.63, 3.8) is 0 Å². The lowest BCUT2D eigenvalue weighted by molar-refractivity contribution is -0.128. The Hall–Kier alpha value is -4.29. The quantitative estimate of drug-likeness (QED) is 0.217. The molecule has 0 saturated carbocycles. The molecule has 0 aliphatic heterocycles. The lowest BCUT2D eigenvalue weighted by atomic mass is 9.95. The molecule has 5 rings (SSSR count). The summed E-state index contributed by atoms with van der Waals surface area (Å²) in [6, 6.07) is 22.6. The molecule has 0 aliphatic rings. The number of benzene rings is 3. The van der Waals surface area contributed by atoms with Crippen molar-refractivity contribution in [1.82, 2.24) is 14.8 Å². The first-order chi connectivity index (χ1) is 19.1. The smallest absolute Gasteiger partial charge is 0.394 e. The van der Waals surface area contributed by atoms with Crippen LogP contribution in [0.5, 0.6) is 0 Å². The van der Waals surface area contributed by atoms with Crippen molar-refractivity contribution in [2.45, 2.75) is 23.9 Å². The summed E-state index contributed by atoms with van der Waals surface area (Å²) in [5.74, 6) is -1.31. The number of thiol groups is 1. The van der Waals surface area contributed by atoms with Crippen molar-refractivity contribution < 1.29 is 31.5 Å². The summed E-state index contributed by atoms with van der Waals surface area (Å²) in [6.45, 7) is 0. The van der Waals surface area contributed by atoms with Gasteiger partial charge in [-0.25, -0.2) is 22.9 Å². The molecule has 0 atom stereocenters. The third-order valence-corrected chi connectivity index (χ3v) is 7.66. The molecule has 2 aromatic heterocycles. The second kappa shape index (κ2) is 11.1. The number of carboxylic acids is 1. The van der Waals surface area contributed by atoms with Crippen LogP contribution >= 0.6 is 11.3 Å². The molecule has 1 N–H and O–H groups in total. The molecule has 0 bridgehead atoms. The fourth-order valence-electron chi connectivity index (χ4n) is 4.31. The summed E-state index contributed by atoms with van der Waals surface area (Å²) in [5.41, 5.74) is 2.96. The monoisotopic (exact) mass is 583 g/mol. The molecule has 0 radical (unpaired) electrons. The number of hydrogen-bond donors (Lipinski definition) is 2. The van der Waals surface area contributed by atoms with Crippen LogP contribution < -0.4 is 0 Å². The van der Waals surface area contributed by atoms with Gasteiger partial charge >= 0.3 is 12.1 Å². The van der Waals surface area contributed by atoms with E-state index < -0.39 is 29.3 Å². The minimum Gasteiger partial charge on any atom is -0.476 e. The minimum absolute atomic E-state index is 0.0120. The molecule has 0 aliphatic carbocycles. The van der Waals surface area contributed by atoms with Gasteiger partial charge in [0.15, 0.2) is 16.4 Å². The highest BCUT2D eigenvalue weighted by molar-refractivity contribution is 7.72. The van der Waals surface area contributed by atoms with E-state index in [2.05, 4.69) is 10.1 Å². The van der Waals surface area contributed by atoms with E-state index in [1.54, 1.807) is 24.3 Å². The van der Waals surface area contributed by atoms with E-state index in [1.807, 2.05) is 42.5 Å². The predicted octanol–water partition coefficient (Wildman–Crippen LogP) is 6.03. The number of alkyl halides is 3. The third-order valence-electron chi connectivity index (χ3n) is 6.12. The summed E-state index contributed by atoms with van der Waals surface area (Å²) in [4.78, 5) is 15.5. The van der Waals surface area contributed by atoms with Gasteiger partial charge < -0.3 is 5.11 Å². The first kappa shape index (κ1) is 27.3. The standard InChI is InChI=1S/C28H20F3N3O4S2/c29-28(30,31)15-24-22(13-17-9-11-21(12-10-17)40(37)38)25(33-34(24)27-32-23(16-39-27)26(35)36)20-8-4-7-19(14-20)18-5-2-1-3-6-18/h1-12,14,16,40H,13,15H2,(H,35,36). The first-order valence-corrected chi connectivity index (χ1v) is 13.9. The molecular formula is C28H20F3N3O4S2. The zero-order chi connectivity index (χ0) is 28.4. The fourth-order valence-corrected chi connectivity index (χ4v) is 5.47. The van der Waals surface area contributed by atoms with E-state index in [-0.39, 0.29) is 39.1 Å². The topological polar surface area (TPSA) is 102 Å². The number of hydrogen-bond acceptors (Lipinski definition) is 6. The van der Waals surface area contributed by atoms with Crippen molar-refractivity contribution in [1.29, 1.82) is 0 Å². The Morgan fingerprint density at radius 3 is 2.23 bits per heavy atom. The molecule has 7 nitrogen and oxygen atoms in total. The van der Waals surface area contributed by atoms with E-state index >= 15 is 0 Å². The van der Waals surface area contributed by atoms with Crippen molar-refractivity contribution in [3.05, 3.63) is 107 Å². The largest absolute Gasteiger partial charge is 0.476 e. The number of halogens is 3. The first-order valence-electron chi connectivity index (χ1n) is 11.8. The van der Waals surface area contributed by atoms with E-state index in [1.165, 1.54) is 17.5 Å². The minimum atomic E-state index is -4.60. The van der Waals surface area contributed by atoms with Gasteiger partial charge in [-0.2, -0.15) is 18.3 Å². The molecule has 0 fully saturated rings. The second-order valence-electron chi connectivity index (χ2n) is 8.85. The molecular weight excluding hydrogens is 563 g/mol. The maximum atomic E-state index is 13.9. The lowest BCUT2D eigenvalue weighted by Crippen LogP contribution is -2.17. The molecule has 5 aromatic rings. The molecule has 40 heavy (non-hydrogen) atoms. The zero-order valence-electron chi connectivity index (χ0n) is 20.5. The van der Waals surface area contributed by atoms with E-state index in [0.717, 1.165) is 27.1 Å². The van der Waals surface area contributed by atoms with Gasteiger partial charge in [-0.15, -0.1) is 11.3 Å². The van der Waals surface area contributed by atoms with Crippen LogP contribution in [0.25, 0.3) is 27.5 Å². The molecule has 2 heterocycles. The Kier molecular flexibility index (Phi) is 7.55. The molecule has 0 spiro atoms. The Labute approximate surface area is 232 Å². The van der Waals surface area contributed by atoms with Gasteiger partial charge in [0.1, 0.15) is 0 Å². The maximum absolute atomic E-state index is 13.9. The van der Waals surface area contributed by atoms with Gasteiger partial charge in [0, 0.05) is 22.9 Å². The summed E-state index contributed by atoms with van der Waals surface area (Å²) < 4.78 is 65.5. The van der Waals surface area contributed by atoms with Crippen LogP contribution in [-0.2, 0) is 23.5 Å². The van der Waals surface area contributed by atoms with Crippen LogP contribution in [0.1, 0.15) is 27.3 Å². The van der Waals surface area contributed by atoms with E-state index in [4.69, 9.17) is 0 Å². The average molecular weight is 584 g/mol. The number of thiazole rings is 1. The highest BCUT2D eigenvalue weighted by Crippen LogP contribution is 2.35. The van der Waals surface area contributed by atoms with Crippen molar-refractivity contribution in [2.24, 2.45) is 0 Å². The number of aromatic carboxylic acids is 1. The Morgan fingerprint density at radius 1 is 0.925 bits per heavy atom. The van der Waals surface area contributed by atoms with Crippen LogP contribution in [0, 0.1) is 0 Å². The number of carbonyl (C=O) groups is 1. The van der Waals surface area contributed by atoms with Gasteiger partial charge in [-0.1, -0.05) is 60.7 Å². The SMILES string of the molecule is O=C(O)c1csc(-n2nc(-c3cccc(-c4ccccc4)c3)c(Cc3ccc([SH](=O)=O)cc3)c2CC(F)(F)F)n1. The van der Waals surface area contributed by atoms with Crippen molar-refractivity contribution in [3.8, 4) is 27.5 Å². The molecule has 0 saturated heterocycles. The number of carboxylic acid groups (broad SMARTS) is 1. The van der Waals surface area contributed by atoms with E-state index in [0.29, 0.717) is 11.1 Å². The van der Waals surface area contributed by atoms with Crippen LogP contribution in [-0.4, -0.2) is 40.4 Å². The Bertz CT molecular complexity index is 1750. The molecule has 3 aromatic carbocycles. The summed E-state index contributed by atoms with van der Waals surface area (Å²) >= 11 is 0.874. The van der Waals surface area contributed by atoms with Crippen LogP contribution in [0.3, 0.4) is 0 Å². The van der Waals surface area contributed by atoms with Crippen LogP contribution in [0.15, 0.2) is 89.1 Å².